The third kappa shape index (κ3) is 1.74. The molecule has 2 heterocycles. The second kappa shape index (κ2) is 3.65. The van der Waals surface area contributed by atoms with E-state index in [4.69, 9.17) is 0 Å². The molecule has 2 aromatic rings. The van der Waals surface area contributed by atoms with Crippen LogP contribution in [-0.2, 0) is 0 Å². The summed E-state index contributed by atoms with van der Waals surface area (Å²) < 4.78 is 2.15. The molecule has 0 bridgehead atoms. The Bertz CT molecular complexity index is 469. The number of nitrogens with zero attached hydrogens (tertiary/aromatic N) is 3. The first-order valence-electron chi connectivity index (χ1n) is 5.42. The van der Waals surface area contributed by atoms with Crippen molar-refractivity contribution in [3.8, 4) is 0 Å². The van der Waals surface area contributed by atoms with Crippen molar-refractivity contribution in [3.05, 3.63) is 30.0 Å². The van der Waals surface area contributed by atoms with E-state index in [2.05, 4.69) is 48.3 Å². The van der Waals surface area contributed by atoms with E-state index in [1.165, 1.54) is 5.69 Å². The first-order chi connectivity index (χ1) is 7.09. The Morgan fingerprint density at radius 1 is 1.00 bits per heavy atom. The lowest BCUT2D eigenvalue weighted by Crippen LogP contribution is -2.00. The van der Waals surface area contributed by atoms with Crippen LogP contribution in [0.2, 0.25) is 0 Å². The predicted molar refractivity (Wildman–Crippen MR) is 61.2 cm³/mol. The summed E-state index contributed by atoms with van der Waals surface area (Å²) in [6.45, 7) is 8.66. The highest BCUT2D eigenvalue weighted by Gasteiger charge is 2.09. The Labute approximate surface area is 90.2 Å². The lowest BCUT2D eigenvalue weighted by Gasteiger charge is -2.08. The van der Waals surface area contributed by atoms with E-state index in [-0.39, 0.29) is 0 Å². The summed E-state index contributed by atoms with van der Waals surface area (Å²) in [5.41, 5.74) is 3.29. The monoisotopic (exact) mass is 203 g/mol. The van der Waals surface area contributed by atoms with Crippen LogP contribution in [0.3, 0.4) is 0 Å². The third-order valence-electron chi connectivity index (χ3n) is 2.63. The molecule has 80 valence electrons. The van der Waals surface area contributed by atoms with Gasteiger partial charge < -0.3 is 4.40 Å². The fourth-order valence-electron chi connectivity index (χ4n) is 1.65. The minimum atomic E-state index is 0.455. The molecule has 0 aliphatic carbocycles. The number of hydrogen-bond acceptors (Lipinski definition) is 2. The van der Waals surface area contributed by atoms with Crippen LogP contribution in [0.4, 0.5) is 0 Å². The second-order valence-corrected chi connectivity index (χ2v) is 4.53. The van der Waals surface area contributed by atoms with E-state index in [1.54, 1.807) is 0 Å². The van der Waals surface area contributed by atoms with Crippen molar-refractivity contribution in [3.63, 3.8) is 0 Å². The first kappa shape index (κ1) is 10.1. The van der Waals surface area contributed by atoms with Crippen LogP contribution in [0.1, 0.15) is 50.9 Å². The molecule has 0 atom stereocenters. The van der Waals surface area contributed by atoms with Gasteiger partial charge in [-0.3, -0.25) is 4.98 Å². The van der Waals surface area contributed by atoms with Gasteiger partial charge in [-0.15, -0.1) is 0 Å². The number of aromatic nitrogens is 3. The number of rotatable bonds is 2. The van der Waals surface area contributed by atoms with E-state index >= 15 is 0 Å². The maximum atomic E-state index is 4.40. The molecule has 15 heavy (non-hydrogen) atoms. The van der Waals surface area contributed by atoms with Gasteiger partial charge in [0.2, 0.25) is 0 Å². The fourth-order valence-corrected chi connectivity index (χ4v) is 1.65. The SMILES string of the molecule is CC(C)c1cn2c(C(C)C)cnc2cn1. The van der Waals surface area contributed by atoms with Gasteiger partial charge in [0.25, 0.3) is 0 Å². The molecule has 3 heteroatoms. The molecule has 0 aliphatic rings. The van der Waals surface area contributed by atoms with Crippen LogP contribution >= 0.6 is 0 Å². The number of hydrogen-bond donors (Lipinski definition) is 0. The topological polar surface area (TPSA) is 30.2 Å². The van der Waals surface area contributed by atoms with Gasteiger partial charge in [0.15, 0.2) is 5.65 Å². The molecule has 0 saturated heterocycles. The molecule has 0 fully saturated rings. The lowest BCUT2D eigenvalue weighted by molar-refractivity contribution is 0.775. The first-order valence-corrected chi connectivity index (χ1v) is 5.42. The minimum absolute atomic E-state index is 0.455. The Kier molecular flexibility index (Phi) is 2.47. The molecular formula is C12H17N3. The highest BCUT2D eigenvalue weighted by molar-refractivity contribution is 5.39. The molecule has 0 aliphatic heterocycles. The van der Waals surface area contributed by atoms with E-state index in [0.717, 1.165) is 11.3 Å². The fraction of sp³-hybridized carbons (Fsp3) is 0.500. The van der Waals surface area contributed by atoms with Gasteiger partial charge in [0.1, 0.15) is 0 Å². The van der Waals surface area contributed by atoms with Crippen LogP contribution in [0, 0.1) is 0 Å². The maximum absolute atomic E-state index is 4.40. The van der Waals surface area contributed by atoms with Gasteiger partial charge >= 0.3 is 0 Å². The van der Waals surface area contributed by atoms with E-state index in [1.807, 2.05) is 12.4 Å². The summed E-state index contributed by atoms with van der Waals surface area (Å²) in [6, 6.07) is 0. The minimum Gasteiger partial charge on any atom is -0.301 e. The van der Waals surface area contributed by atoms with Crippen molar-refractivity contribution in [2.45, 2.75) is 39.5 Å². The van der Waals surface area contributed by atoms with Crippen molar-refractivity contribution >= 4 is 5.65 Å². The van der Waals surface area contributed by atoms with Crippen molar-refractivity contribution < 1.29 is 0 Å². The Morgan fingerprint density at radius 2 is 1.73 bits per heavy atom. The maximum Gasteiger partial charge on any atom is 0.155 e. The lowest BCUT2D eigenvalue weighted by atomic mass is 10.1. The largest absolute Gasteiger partial charge is 0.301 e. The van der Waals surface area contributed by atoms with Crippen LogP contribution in [0.5, 0.6) is 0 Å². The molecule has 3 nitrogen and oxygen atoms in total. The average molecular weight is 203 g/mol. The molecule has 0 spiro atoms. The summed E-state index contributed by atoms with van der Waals surface area (Å²) in [4.78, 5) is 8.74. The highest BCUT2D eigenvalue weighted by atomic mass is 15.0. The van der Waals surface area contributed by atoms with Gasteiger partial charge in [-0.1, -0.05) is 27.7 Å². The molecule has 2 aromatic heterocycles. The van der Waals surface area contributed by atoms with Crippen LogP contribution in [-0.4, -0.2) is 14.4 Å². The molecule has 0 saturated carbocycles. The zero-order valence-electron chi connectivity index (χ0n) is 9.73. The van der Waals surface area contributed by atoms with Gasteiger partial charge in [-0.25, -0.2) is 4.98 Å². The molecule has 0 aromatic carbocycles. The Morgan fingerprint density at radius 3 is 2.33 bits per heavy atom. The summed E-state index contributed by atoms with van der Waals surface area (Å²) in [5, 5.41) is 0. The number of fused-ring (bicyclic) bond motifs is 1. The van der Waals surface area contributed by atoms with E-state index in [0.29, 0.717) is 11.8 Å². The second-order valence-electron chi connectivity index (χ2n) is 4.53. The van der Waals surface area contributed by atoms with Gasteiger partial charge in [0.05, 0.1) is 11.9 Å². The summed E-state index contributed by atoms with van der Waals surface area (Å²) in [6.07, 6.45) is 5.88. The van der Waals surface area contributed by atoms with E-state index < -0.39 is 0 Å². The molecule has 0 unspecified atom stereocenters. The zero-order chi connectivity index (χ0) is 11.0. The number of imidazole rings is 1. The van der Waals surface area contributed by atoms with Crippen molar-refractivity contribution in [2.75, 3.05) is 0 Å². The molecule has 0 N–H and O–H groups in total. The van der Waals surface area contributed by atoms with Crippen LogP contribution in [0.15, 0.2) is 18.6 Å². The molecule has 0 amide bonds. The van der Waals surface area contributed by atoms with Gasteiger partial charge in [0, 0.05) is 18.1 Å². The Balaban J connectivity index is 2.61. The Hall–Kier alpha value is -1.38. The third-order valence-corrected chi connectivity index (χ3v) is 2.63. The average Bonchev–Trinajstić information content (AvgIpc) is 2.59. The summed E-state index contributed by atoms with van der Waals surface area (Å²) >= 11 is 0. The highest BCUT2D eigenvalue weighted by Crippen LogP contribution is 2.18. The van der Waals surface area contributed by atoms with Gasteiger partial charge in [-0.2, -0.15) is 0 Å². The predicted octanol–water partition coefficient (Wildman–Crippen LogP) is 2.98. The zero-order valence-corrected chi connectivity index (χ0v) is 9.73. The summed E-state index contributed by atoms with van der Waals surface area (Å²) in [7, 11) is 0. The van der Waals surface area contributed by atoms with E-state index in [9.17, 15) is 0 Å². The molecule has 0 radical (unpaired) electrons. The van der Waals surface area contributed by atoms with Crippen LogP contribution in [0.25, 0.3) is 5.65 Å². The van der Waals surface area contributed by atoms with Gasteiger partial charge in [-0.05, 0) is 11.8 Å². The van der Waals surface area contributed by atoms with Crippen molar-refractivity contribution in [1.82, 2.24) is 14.4 Å². The summed E-state index contributed by atoms with van der Waals surface area (Å²) in [5.74, 6) is 0.944. The van der Waals surface area contributed by atoms with Crippen molar-refractivity contribution in [2.24, 2.45) is 0 Å². The standard InChI is InChI=1S/C12H17N3/c1-8(2)10-7-15-11(9(3)4)5-14-12(15)6-13-10/h5-9H,1-4H3. The van der Waals surface area contributed by atoms with Crippen LogP contribution < -0.4 is 0 Å². The molecular weight excluding hydrogens is 186 g/mol. The normalized spacial score (nSPS) is 11.9. The molecule has 2 rings (SSSR count). The quantitative estimate of drug-likeness (QED) is 0.751. The smallest absolute Gasteiger partial charge is 0.155 e. The van der Waals surface area contributed by atoms with Crippen molar-refractivity contribution in [1.29, 1.82) is 0 Å².